The first kappa shape index (κ1) is 12.2. The van der Waals surface area contributed by atoms with Crippen LogP contribution in [0.15, 0.2) is 12.1 Å². The third kappa shape index (κ3) is 2.59. The van der Waals surface area contributed by atoms with E-state index in [4.69, 9.17) is 5.11 Å². The molecular formula is C12H14O4. The van der Waals surface area contributed by atoms with Gasteiger partial charge in [-0.25, -0.2) is 4.79 Å². The largest absolute Gasteiger partial charge is 0.481 e. The molecule has 0 aliphatic heterocycles. The van der Waals surface area contributed by atoms with Gasteiger partial charge in [0, 0.05) is 0 Å². The minimum Gasteiger partial charge on any atom is -0.481 e. The molecule has 1 aromatic carbocycles. The van der Waals surface area contributed by atoms with Gasteiger partial charge in [-0.05, 0) is 36.6 Å². The maximum atomic E-state index is 11.5. The number of rotatable bonds is 3. The van der Waals surface area contributed by atoms with Crippen molar-refractivity contribution < 1.29 is 19.4 Å². The van der Waals surface area contributed by atoms with E-state index in [1.165, 1.54) is 7.11 Å². The van der Waals surface area contributed by atoms with Crippen molar-refractivity contribution in [1.29, 1.82) is 0 Å². The van der Waals surface area contributed by atoms with E-state index in [0.717, 1.165) is 11.1 Å². The standard InChI is InChI=1S/C12H14O4/c1-7-4-9(6-11(13)14)5-10(8(7)2)12(15)16-3/h4-5H,6H2,1-3H3,(H,13,14). The van der Waals surface area contributed by atoms with E-state index < -0.39 is 11.9 Å². The van der Waals surface area contributed by atoms with Gasteiger partial charge in [-0.2, -0.15) is 0 Å². The molecule has 0 aliphatic rings. The highest BCUT2D eigenvalue weighted by atomic mass is 16.5. The summed E-state index contributed by atoms with van der Waals surface area (Å²) in [6.07, 6.45) is -0.0921. The molecule has 4 nitrogen and oxygen atoms in total. The highest BCUT2D eigenvalue weighted by Gasteiger charge is 2.13. The molecule has 0 aliphatic carbocycles. The molecule has 0 heterocycles. The predicted molar refractivity (Wildman–Crippen MR) is 58.6 cm³/mol. The molecule has 16 heavy (non-hydrogen) atoms. The molecular weight excluding hydrogens is 208 g/mol. The third-order valence-corrected chi connectivity index (χ3v) is 2.49. The van der Waals surface area contributed by atoms with Crippen molar-refractivity contribution in [2.75, 3.05) is 7.11 Å². The highest BCUT2D eigenvalue weighted by Crippen LogP contribution is 2.17. The summed E-state index contributed by atoms with van der Waals surface area (Å²) in [5.41, 5.74) is 2.75. The van der Waals surface area contributed by atoms with Gasteiger partial charge in [0.05, 0.1) is 19.1 Å². The minimum absolute atomic E-state index is 0.0921. The zero-order valence-electron chi connectivity index (χ0n) is 9.53. The summed E-state index contributed by atoms with van der Waals surface area (Å²) in [4.78, 5) is 22.1. The van der Waals surface area contributed by atoms with E-state index in [1.807, 2.05) is 13.8 Å². The number of ether oxygens (including phenoxy) is 1. The Labute approximate surface area is 93.9 Å². The second-order valence-corrected chi connectivity index (χ2v) is 3.65. The predicted octanol–water partition coefficient (Wildman–Crippen LogP) is 1.72. The summed E-state index contributed by atoms with van der Waals surface area (Å²) < 4.78 is 4.65. The van der Waals surface area contributed by atoms with Crippen LogP contribution in [-0.4, -0.2) is 24.2 Å². The van der Waals surface area contributed by atoms with Gasteiger partial charge in [-0.3, -0.25) is 4.79 Å². The SMILES string of the molecule is COC(=O)c1cc(CC(=O)O)cc(C)c1C. The van der Waals surface area contributed by atoms with Crippen molar-refractivity contribution in [2.45, 2.75) is 20.3 Å². The summed E-state index contributed by atoms with van der Waals surface area (Å²) in [5, 5.41) is 8.70. The maximum absolute atomic E-state index is 11.5. The summed E-state index contributed by atoms with van der Waals surface area (Å²) in [5.74, 6) is -1.35. The topological polar surface area (TPSA) is 63.6 Å². The molecule has 0 radical (unpaired) electrons. The molecule has 0 atom stereocenters. The molecule has 0 spiro atoms. The number of benzene rings is 1. The number of carbonyl (C=O) groups excluding carboxylic acids is 1. The molecule has 1 N–H and O–H groups in total. The van der Waals surface area contributed by atoms with Gasteiger partial charge in [0.1, 0.15) is 0 Å². The van der Waals surface area contributed by atoms with Gasteiger partial charge in [0.2, 0.25) is 0 Å². The van der Waals surface area contributed by atoms with Crippen molar-refractivity contribution in [3.63, 3.8) is 0 Å². The monoisotopic (exact) mass is 222 g/mol. The Kier molecular flexibility index (Phi) is 3.66. The average Bonchev–Trinajstić information content (AvgIpc) is 2.21. The highest BCUT2D eigenvalue weighted by molar-refractivity contribution is 5.91. The lowest BCUT2D eigenvalue weighted by Crippen LogP contribution is -2.08. The van der Waals surface area contributed by atoms with Crippen molar-refractivity contribution in [3.05, 3.63) is 34.4 Å². The molecule has 1 aromatic rings. The number of hydrogen-bond acceptors (Lipinski definition) is 3. The summed E-state index contributed by atoms with van der Waals surface area (Å²) >= 11 is 0. The maximum Gasteiger partial charge on any atom is 0.338 e. The zero-order valence-corrected chi connectivity index (χ0v) is 9.53. The van der Waals surface area contributed by atoms with Crippen LogP contribution in [0.5, 0.6) is 0 Å². The van der Waals surface area contributed by atoms with Crippen LogP contribution in [-0.2, 0) is 16.0 Å². The van der Waals surface area contributed by atoms with Crippen LogP contribution in [0, 0.1) is 13.8 Å². The summed E-state index contributed by atoms with van der Waals surface area (Å²) in [7, 11) is 1.31. The number of carboxylic acids is 1. The normalized spacial score (nSPS) is 9.94. The Morgan fingerprint density at radius 1 is 1.31 bits per heavy atom. The number of esters is 1. The quantitative estimate of drug-likeness (QED) is 0.791. The third-order valence-electron chi connectivity index (χ3n) is 2.49. The summed E-state index contributed by atoms with van der Waals surface area (Å²) in [6, 6.07) is 3.35. The average molecular weight is 222 g/mol. The molecule has 1 rings (SSSR count). The van der Waals surface area contributed by atoms with Crippen LogP contribution in [0.25, 0.3) is 0 Å². The molecule has 0 bridgehead atoms. The molecule has 0 fully saturated rings. The first-order valence-corrected chi connectivity index (χ1v) is 4.86. The Bertz CT molecular complexity index is 435. The Morgan fingerprint density at radius 3 is 2.44 bits per heavy atom. The van der Waals surface area contributed by atoms with E-state index in [9.17, 15) is 9.59 Å². The first-order chi connectivity index (χ1) is 7.45. The molecule has 4 heteroatoms. The van der Waals surface area contributed by atoms with Crippen LogP contribution in [0.3, 0.4) is 0 Å². The number of aliphatic carboxylic acids is 1. The Balaban J connectivity index is 3.21. The zero-order chi connectivity index (χ0) is 12.3. The molecule has 0 aromatic heterocycles. The van der Waals surface area contributed by atoms with E-state index in [0.29, 0.717) is 11.1 Å². The van der Waals surface area contributed by atoms with Crippen molar-refractivity contribution >= 4 is 11.9 Å². The van der Waals surface area contributed by atoms with Crippen LogP contribution >= 0.6 is 0 Å². The van der Waals surface area contributed by atoms with Crippen molar-refractivity contribution in [1.82, 2.24) is 0 Å². The molecule has 0 amide bonds. The van der Waals surface area contributed by atoms with Crippen LogP contribution in [0.4, 0.5) is 0 Å². The van der Waals surface area contributed by atoms with E-state index in [-0.39, 0.29) is 6.42 Å². The van der Waals surface area contributed by atoms with Gasteiger partial charge in [-0.15, -0.1) is 0 Å². The van der Waals surface area contributed by atoms with E-state index in [1.54, 1.807) is 12.1 Å². The number of methoxy groups -OCH3 is 1. The molecule has 0 saturated heterocycles. The van der Waals surface area contributed by atoms with Crippen LogP contribution in [0.1, 0.15) is 27.0 Å². The van der Waals surface area contributed by atoms with E-state index in [2.05, 4.69) is 4.74 Å². The second-order valence-electron chi connectivity index (χ2n) is 3.65. The van der Waals surface area contributed by atoms with E-state index >= 15 is 0 Å². The fourth-order valence-corrected chi connectivity index (χ4v) is 1.53. The smallest absolute Gasteiger partial charge is 0.338 e. The van der Waals surface area contributed by atoms with Gasteiger partial charge >= 0.3 is 11.9 Å². The number of hydrogen-bond donors (Lipinski definition) is 1. The molecule has 0 unspecified atom stereocenters. The fourth-order valence-electron chi connectivity index (χ4n) is 1.53. The number of carbonyl (C=O) groups is 2. The van der Waals surface area contributed by atoms with Crippen LogP contribution < -0.4 is 0 Å². The summed E-state index contributed by atoms with van der Waals surface area (Å²) in [6.45, 7) is 3.65. The lowest BCUT2D eigenvalue weighted by molar-refractivity contribution is -0.136. The minimum atomic E-state index is -0.918. The van der Waals surface area contributed by atoms with Crippen molar-refractivity contribution in [2.24, 2.45) is 0 Å². The first-order valence-electron chi connectivity index (χ1n) is 4.86. The van der Waals surface area contributed by atoms with Crippen molar-refractivity contribution in [3.8, 4) is 0 Å². The van der Waals surface area contributed by atoms with Gasteiger partial charge < -0.3 is 9.84 Å². The second kappa shape index (κ2) is 4.79. The van der Waals surface area contributed by atoms with Gasteiger partial charge in [0.15, 0.2) is 0 Å². The lowest BCUT2D eigenvalue weighted by atomic mass is 9.98. The lowest BCUT2D eigenvalue weighted by Gasteiger charge is -2.09. The Hall–Kier alpha value is -1.84. The molecule has 86 valence electrons. The Morgan fingerprint density at radius 2 is 1.94 bits per heavy atom. The molecule has 0 saturated carbocycles. The van der Waals surface area contributed by atoms with Gasteiger partial charge in [-0.1, -0.05) is 6.07 Å². The van der Waals surface area contributed by atoms with Gasteiger partial charge in [0.25, 0.3) is 0 Å². The van der Waals surface area contributed by atoms with Crippen LogP contribution in [0.2, 0.25) is 0 Å². The fraction of sp³-hybridized carbons (Fsp3) is 0.333. The number of aryl methyl sites for hydroxylation is 1. The number of carboxylic acid groups (broad SMARTS) is 1.